The second kappa shape index (κ2) is 4.90. The predicted octanol–water partition coefficient (Wildman–Crippen LogP) is 1.18. The largest absolute Gasteiger partial charge is 0.409 e. The Kier molecular flexibility index (Phi) is 3.32. The minimum Gasteiger partial charge on any atom is -0.409 e. The first-order valence-electron chi connectivity index (χ1n) is 4.18. The van der Waals surface area contributed by atoms with Crippen LogP contribution < -0.4 is 5.73 Å². The van der Waals surface area contributed by atoms with E-state index in [4.69, 9.17) is 10.9 Å². The monoisotopic (exact) mass is 253 g/mol. The molecule has 0 fully saturated rings. The van der Waals surface area contributed by atoms with Crippen LogP contribution in [0, 0.1) is 0 Å². The molecule has 2 heterocycles. The van der Waals surface area contributed by atoms with Crippen LogP contribution in [-0.4, -0.2) is 26.2 Å². The van der Waals surface area contributed by atoms with E-state index in [9.17, 15) is 0 Å². The molecule has 6 nitrogen and oxygen atoms in total. The SMILES string of the molecule is NC(=NO)c1cccc(Sc2nncs2)n1. The molecule has 8 heteroatoms. The lowest BCUT2D eigenvalue weighted by atomic mass is 10.3. The molecule has 0 amide bonds. The molecule has 82 valence electrons. The highest BCUT2D eigenvalue weighted by Crippen LogP contribution is 2.26. The zero-order chi connectivity index (χ0) is 11.4. The van der Waals surface area contributed by atoms with E-state index >= 15 is 0 Å². The fourth-order valence-electron chi connectivity index (χ4n) is 0.962. The highest BCUT2D eigenvalue weighted by molar-refractivity contribution is 8.00. The van der Waals surface area contributed by atoms with Gasteiger partial charge in [0.05, 0.1) is 0 Å². The summed E-state index contributed by atoms with van der Waals surface area (Å²) in [7, 11) is 0. The summed E-state index contributed by atoms with van der Waals surface area (Å²) in [5.41, 5.74) is 7.52. The van der Waals surface area contributed by atoms with Crippen molar-refractivity contribution in [3.05, 3.63) is 29.4 Å². The molecule has 0 aliphatic rings. The fourth-order valence-corrected chi connectivity index (χ4v) is 2.38. The molecule has 2 aromatic heterocycles. The van der Waals surface area contributed by atoms with E-state index in [1.807, 2.05) is 6.07 Å². The van der Waals surface area contributed by atoms with Crippen molar-refractivity contribution in [1.29, 1.82) is 0 Å². The Bertz CT molecular complexity index is 499. The molecule has 0 aromatic carbocycles. The van der Waals surface area contributed by atoms with Crippen molar-refractivity contribution in [3.8, 4) is 0 Å². The average molecular weight is 253 g/mol. The number of oxime groups is 1. The molecule has 2 rings (SSSR count). The molecule has 0 unspecified atom stereocenters. The minimum atomic E-state index is -0.0142. The maximum atomic E-state index is 8.53. The van der Waals surface area contributed by atoms with E-state index in [0.29, 0.717) is 5.69 Å². The van der Waals surface area contributed by atoms with Gasteiger partial charge < -0.3 is 10.9 Å². The minimum absolute atomic E-state index is 0.0142. The third-order valence-corrected chi connectivity index (χ3v) is 3.34. The van der Waals surface area contributed by atoms with Gasteiger partial charge in [0.25, 0.3) is 0 Å². The number of amidine groups is 1. The molecule has 2 aromatic rings. The quantitative estimate of drug-likeness (QED) is 0.369. The zero-order valence-corrected chi connectivity index (χ0v) is 9.57. The standard InChI is InChI=1S/C8H7N5OS2/c9-7(13-14)5-2-1-3-6(11-5)16-8-12-10-4-15-8/h1-4,14H,(H2,9,13). The molecular formula is C8H7N5OS2. The number of hydrogen-bond donors (Lipinski definition) is 2. The van der Waals surface area contributed by atoms with Crippen molar-refractivity contribution in [2.45, 2.75) is 9.37 Å². The summed E-state index contributed by atoms with van der Waals surface area (Å²) in [6.07, 6.45) is 0. The topological polar surface area (TPSA) is 97.3 Å². The lowest BCUT2D eigenvalue weighted by molar-refractivity contribution is 0.318. The van der Waals surface area contributed by atoms with Gasteiger partial charge in [-0.15, -0.1) is 10.2 Å². The van der Waals surface area contributed by atoms with E-state index < -0.39 is 0 Å². The molecule has 0 bridgehead atoms. The van der Waals surface area contributed by atoms with Gasteiger partial charge in [0, 0.05) is 0 Å². The Labute approximate surface area is 99.2 Å². The van der Waals surface area contributed by atoms with Crippen LogP contribution in [0.15, 0.2) is 38.2 Å². The van der Waals surface area contributed by atoms with Crippen LogP contribution in [-0.2, 0) is 0 Å². The van der Waals surface area contributed by atoms with Crippen LogP contribution in [0.1, 0.15) is 5.69 Å². The number of rotatable bonds is 3. The van der Waals surface area contributed by atoms with E-state index in [2.05, 4.69) is 20.3 Å². The third-order valence-electron chi connectivity index (χ3n) is 1.63. The van der Waals surface area contributed by atoms with E-state index in [-0.39, 0.29) is 5.84 Å². The molecule has 0 aliphatic carbocycles. The van der Waals surface area contributed by atoms with Gasteiger partial charge in [-0.2, -0.15) is 0 Å². The fraction of sp³-hybridized carbons (Fsp3) is 0. The molecule has 0 aliphatic heterocycles. The molecular weight excluding hydrogens is 246 g/mol. The number of nitrogens with two attached hydrogens (primary N) is 1. The van der Waals surface area contributed by atoms with Crippen LogP contribution in [0.2, 0.25) is 0 Å². The van der Waals surface area contributed by atoms with Gasteiger partial charge in [0.15, 0.2) is 10.2 Å². The van der Waals surface area contributed by atoms with Gasteiger partial charge in [-0.3, -0.25) is 0 Å². The molecule has 0 saturated heterocycles. The zero-order valence-electron chi connectivity index (χ0n) is 7.94. The lowest BCUT2D eigenvalue weighted by Crippen LogP contribution is -2.14. The lowest BCUT2D eigenvalue weighted by Gasteiger charge is -2.00. The van der Waals surface area contributed by atoms with Gasteiger partial charge in [-0.05, 0) is 23.9 Å². The highest BCUT2D eigenvalue weighted by Gasteiger charge is 2.05. The summed E-state index contributed by atoms with van der Waals surface area (Å²) in [5, 5.41) is 19.8. The molecule has 0 spiro atoms. The first-order valence-corrected chi connectivity index (χ1v) is 5.88. The maximum Gasteiger partial charge on any atom is 0.188 e. The molecule has 3 N–H and O–H groups in total. The maximum absolute atomic E-state index is 8.53. The Balaban J connectivity index is 2.23. The Hall–Kier alpha value is -1.67. The summed E-state index contributed by atoms with van der Waals surface area (Å²) in [6.45, 7) is 0. The summed E-state index contributed by atoms with van der Waals surface area (Å²) < 4.78 is 0.796. The first kappa shape index (κ1) is 10.8. The summed E-state index contributed by atoms with van der Waals surface area (Å²) >= 11 is 2.81. The van der Waals surface area contributed by atoms with Crippen molar-refractivity contribution in [2.24, 2.45) is 10.9 Å². The van der Waals surface area contributed by atoms with Crippen LogP contribution in [0.25, 0.3) is 0 Å². The third kappa shape index (κ3) is 2.47. The molecule has 0 saturated carbocycles. The highest BCUT2D eigenvalue weighted by atomic mass is 32.2. The van der Waals surface area contributed by atoms with Crippen LogP contribution in [0.4, 0.5) is 0 Å². The Morgan fingerprint density at radius 2 is 2.38 bits per heavy atom. The van der Waals surface area contributed by atoms with Gasteiger partial charge in [0.1, 0.15) is 16.2 Å². The van der Waals surface area contributed by atoms with Crippen molar-refractivity contribution < 1.29 is 5.21 Å². The van der Waals surface area contributed by atoms with Crippen molar-refractivity contribution in [3.63, 3.8) is 0 Å². The van der Waals surface area contributed by atoms with Crippen LogP contribution in [0.5, 0.6) is 0 Å². The summed E-state index contributed by atoms with van der Waals surface area (Å²) in [4.78, 5) is 4.20. The Morgan fingerprint density at radius 1 is 1.50 bits per heavy atom. The van der Waals surface area contributed by atoms with Gasteiger partial charge in [0.2, 0.25) is 0 Å². The first-order chi connectivity index (χ1) is 7.79. The summed E-state index contributed by atoms with van der Waals surface area (Å²) in [5.74, 6) is -0.0142. The number of nitrogens with zero attached hydrogens (tertiary/aromatic N) is 4. The Morgan fingerprint density at radius 3 is 3.06 bits per heavy atom. The molecule has 0 radical (unpaired) electrons. The molecule has 0 atom stereocenters. The number of aromatic nitrogens is 3. The number of pyridine rings is 1. The van der Waals surface area contributed by atoms with E-state index in [1.165, 1.54) is 23.1 Å². The average Bonchev–Trinajstić information content (AvgIpc) is 2.81. The molecule has 16 heavy (non-hydrogen) atoms. The van der Waals surface area contributed by atoms with Gasteiger partial charge in [-0.1, -0.05) is 22.6 Å². The predicted molar refractivity (Wildman–Crippen MR) is 60.8 cm³/mol. The van der Waals surface area contributed by atoms with Crippen LogP contribution >= 0.6 is 23.1 Å². The second-order valence-electron chi connectivity index (χ2n) is 2.65. The summed E-state index contributed by atoms with van der Waals surface area (Å²) in [6, 6.07) is 5.27. The smallest absolute Gasteiger partial charge is 0.188 e. The van der Waals surface area contributed by atoms with Crippen molar-refractivity contribution >= 4 is 28.9 Å². The normalized spacial score (nSPS) is 11.6. The van der Waals surface area contributed by atoms with E-state index in [1.54, 1.807) is 17.6 Å². The van der Waals surface area contributed by atoms with Crippen LogP contribution in [0.3, 0.4) is 0 Å². The van der Waals surface area contributed by atoms with Gasteiger partial charge in [-0.25, -0.2) is 4.98 Å². The van der Waals surface area contributed by atoms with E-state index in [0.717, 1.165) is 9.37 Å². The van der Waals surface area contributed by atoms with Crippen molar-refractivity contribution in [1.82, 2.24) is 15.2 Å². The van der Waals surface area contributed by atoms with Crippen molar-refractivity contribution in [2.75, 3.05) is 0 Å². The second-order valence-corrected chi connectivity index (χ2v) is 4.75. The van der Waals surface area contributed by atoms with Gasteiger partial charge >= 0.3 is 0 Å². The number of hydrogen-bond acceptors (Lipinski definition) is 7.